The van der Waals surface area contributed by atoms with Gasteiger partial charge in [0.05, 0.1) is 18.9 Å². The van der Waals surface area contributed by atoms with Gasteiger partial charge in [0.15, 0.2) is 5.69 Å². The third-order valence-electron chi connectivity index (χ3n) is 2.00. The minimum atomic E-state index is -0.656. The maximum atomic E-state index is 11.5. The lowest BCUT2D eigenvalue weighted by molar-refractivity contribution is -0.389. The Morgan fingerprint density at radius 3 is 3.06 bits per heavy atom. The van der Waals surface area contributed by atoms with Crippen molar-refractivity contribution in [3.05, 3.63) is 46.0 Å². The van der Waals surface area contributed by atoms with Crippen LogP contribution < -0.4 is 5.32 Å². The van der Waals surface area contributed by atoms with Gasteiger partial charge in [0.1, 0.15) is 5.76 Å². The molecule has 0 spiro atoms. The normalized spacial score (nSPS) is 10.1. The molecule has 0 bridgehead atoms. The summed E-state index contributed by atoms with van der Waals surface area (Å²) in [5, 5.41) is 18.6. The number of aromatic nitrogens is 2. The van der Waals surface area contributed by atoms with Gasteiger partial charge in [-0.3, -0.25) is 4.79 Å². The van der Waals surface area contributed by atoms with Gasteiger partial charge in [-0.15, -0.1) is 5.10 Å². The van der Waals surface area contributed by atoms with Crippen LogP contribution in [0.5, 0.6) is 0 Å². The van der Waals surface area contributed by atoms with Crippen molar-refractivity contribution in [2.24, 2.45) is 0 Å². The lowest BCUT2D eigenvalue weighted by Gasteiger charge is -1.98. The topological polar surface area (TPSA) is 114 Å². The number of aromatic amines is 1. The van der Waals surface area contributed by atoms with E-state index in [9.17, 15) is 14.9 Å². The van der Waals surface area contributed by atoms with Gasteiger partial charge < -0.3 is 19.8 Å². The van der Waals surface area contributed by atoms with E-state index >= 15 is 0 Å². The summed E-state index contributed by atoms with van der Waals surface area (Å²) in [6.45, 7) is 0.201. The number of rotatable bonds is 4. The fourth-order valence-corrected chi connectivity index (χ4v) is 1.19. The van der Waals surface area contributed by atoms with Gasteiger partial charge >= 0.3 is 5.82 Å². The number of nitrogens with one attached hydrogen (secondary N) is 2. The molecule has 2 rings (SSSR count). The quantitative estimate of drug-likeness (QED) is 0.603. The smallest absolute Gasteiger partial charge is 0.343 e. The number of H-pyrrole nitrogens is 1. The summed E-state index contributed by atoms with van der Waals surface area (Å²) in [4.78, 5) is 21.2. The Balaban J connectivity index is 1.97. The number of hydrogen-bond acceptors (Lipinski definition) is 5. The van der Waals surface area contributed by atoms with Crippen LogP contribution in [0.3, 0.4) is 0 Å². The number of hydrogen-bond donors (Lipinski definition) is 2. The van der Waals surface area contributed by atoms with Gasteiger partial charge in [-0.05, 0) is 17.1 Å². The average molecular weight is 236 g/mol. The predicted molar refractivity (Wildman–Crippen MR) is 55.1 cm³/mol. The van der Waals surface area contributed by atoms with E-state index in [1.807, 2.05) is 0 Å². The predicted octanol–water partition coefficient (Wildman–Crippen LogP) is 0.841. The standard InChI is InChI=1S/C9H8N4O4/c14-9(10-5-6-2-1-3-17-6)7-4-8(12-11-7)13(15)16/h1-4H,5H2,(H,10,14)(H,11,12). The van der Waals surface area contributed by atoms with Crippen molar-refractivity contribution in [3.63, 3.8) is 0 Å². The van der Waals surface area contributed by atoms with Crippen molar-refractivity contribution >= 4 is 11.7 Å². The molecule has 0 fully saturated rings. The Labute approximate surface area is 94.8 Å². The largest absolute Gasteiger partial charge is 0.467 e. The van der Waals surface area contributed by atoms with Gasteiger partial charge in [-0.25, -0.2) is 0 Å². The van der Waals surface area contributed by atoms with Crippen LogP contribution >= 0.6 is 0 Å². The third-order valence-corrected chi connectivity index (χ3v) is 2.00. The minimum Gasteiger partial charge on any atom is -0.467 e. The number of carbonyl (C=O) groups is 1. The molecule has 1 amide bonds. The zero-order valence-electron chi connectivity index (χ0n) is 8.54. The van der Waals surface area contributed by atoms with Gasteiger partial charge in [-0.2, -0.15) is 0 Å². The van der Waals surface area contributed by atoms with E-state index in [1.54, 1.807) is 12.1 Å². The number of nitro groups is 1. The van der Waals surface area contributed by atoms with Crippen molar-refractivity contribution < 1.29 is 14.1 Å². The molecule has 2 heterocycles. The highest BCUT2D eigenvalue weighted by atomic mass is 16.6. The molecule has 0 aromatic carbocycles. The molecule has 2 N–H and O–H groups in total. The first-order chi connectivity index (χ1) is 8.16. The second kappa shape index (κ2) is 4.47. The Kier molecular flexibility index (Phi) is 2.86. The monoisotopic (exact) mass is 236 g/mol. The van der Waals surface area contributed by atoms with Crippen LogP contribution in [0.1, 0.15) is 16.2 Å². The fraction of sp³-hybridized carbons (Fsp3) is 0.111. The summed E-state index contributed by atoms with van der Waals surface area (Å²) >= 11 is 0. The van der Waals surface area contributed by atoms with Crippen molar-refractivity contribution in [1.29, 1.82) is 0 Å². The van der Waals surface area contributed by atoms with E-state index in [-0.39, 0.29) is 18.1 Å². The Hall–Kier alpha value is -2.64. The Morgan fingerprint density at radius 2 is 2.47 bits per heavy atom. The highest BCUT2D eigenvalue weighted by molar-refractivity contribution is 5.92. The maximum Gasteiger partial charge on any atom is 0.343 e. The molecular weight excluding hydrogens is 228 g/mol. The summed E-state index contributed by atoms with van der Waals surface area (Å²) < 4.78 is 5.01. The lowest BCUT2D eigenvalue weighted by atomic mass is 10.3. The molecule has 88 valence electrons. The SMILES string of the molecule is O=C(NCc1ccco1)c1cc([N+](=O)[O-])[nH]n1. The molecule has 2 aromatic rings. The Morgan fingerprint density at radius 1 is 1.65 bits per heavy atom. The third kappa shape index (κ3) is 2.48. The van der Waals surface area contributed by atoms with Crippen LogP contribution in [0.4, 0.5) is 5.82 Å². The van der Waals surface area contributed by atoms with Crippen LogP contribution in [0.2, 0.25) is 0 Å². The first-order valence-corrected chi connectivity index (χ1v) is 4.67. The number of furan rings is 1. The first-order valence-electron chi connectivity index (χ1n) is 4.67. The van der Waals surface area contributed by atoms with E-state index in [2.05, 4.69) is 15.5 Å². The molecule has 0 atom stereocenters. The van der Waals surface area contributed by atoms with Crippen molar-refractivity contribution in [2.75, 3.05) is 0 Å². The van der Waals surface area contributed by atoms with Crippen LogP contribution in [0.15, 0.2) is 28.9 Å². The van der Waals surface area contributed by atoms with E-state index in [4.69, 9.17) is 4.42 Å². The van der Waals surface area contributed by atoms with Gasteiger partial charge in [0, 0.05) is 0 Å². The second-order valence-corrected chi connectivity index (χ2v) is 3.16. The van der Waals surface area contributed by atoms with Gasteiger partial charge in [0.25, 0.3) is 5.91 Å². The van der Waals surface area contributed by atoms with Crippen LogP contribution in [0.25, 0.3) is 0 Å². The summed E-state index contributed by atoms with van der Waals surface area (Å²) in [5.74, 6) is -0.248. The molecular formula is C9H8N4O4. The summed E-state index contributed by atoms with van der Waals surface area (Å²) in [6.07, 6.45) is 1.49. The zero-order chi connectivity index (χ0) is 12.3. The maximum absolute atomic E-state index is 11.5. The fourth-order valence-electron chi connectivity index (χ4n) is 1.19. The summed E-state index contributed by atoms with van der Waals surface area (Å²) in [5.41, 5.74) is -0.0387. The minimum absolute atomic E-state index is 0.0387. The molecule has 17 heavy (non-hydrogen) atoms. The van der Waals surface area contributed by atoms with Crippen LogP contribution in [-0.4, -0.2) is 21.0 Å². The van der Waals surface area contributed by atoms with Crippen molar-refractivity contribution in [3.8, 4) is 0 Å². The van der Waals surface area contributed by atoms with E-state index < -0.39 is 10.8 Å². The zero-order valence-corrected chi connectivity index (χ0v) is 8.54. The lowest BCUT2D eigenvalue weighted by Crippen LogP contribution is -2.22. The summed E-state index contributed by atoms with van der Waals surface area (Å²) in [7, 11) is 0. The van der Waals surface area contributed by atoms with Crippen LogP contribution in [0, 0.1) is 10.1 Å². The highest BCUT2D eigenvalue weighted by Gasteiger charge is 2.16. The number of carbonyl (C=O) groups excluding carboxylic acids is 1. The molecule has 0 aliphatic rings. The number of amides is 1. The molecule has 8 heteroatoms. The van der Waals surface area contributed by atoms with E-state index in [0.717, 1.165) is 6.07 Å². The molecule has 0 saturated heterocycles. The molecule has 0 aliphatic heterocycles. The molecule has 0 radical (unpaired) electrons. The highest BCUT2D eigenvalue weighted by Crippen LogP contribution is 2.08. The van der Waals surface area contributed by atoms with Gasteiger partial charge in [0.2, 0.25) is 0 Å². The van der Waals surface area contributed by atoms with E-state index in [1.165, 1.54) is 6.26 Å². The van der Waals surface area contributed by atoms with Gasteiger partial charge in [-0.1, -0.05) is 5.10 Å². The van der Waals surface area contributed by atoms with Crippen molar-refractivity contribution in [2.45, 2.75) is 6.54 Å². The summed E-state index contributed by atoms with van der Waals surface area (Å²) in [6, 6.07) is 4.46. The second-order valence-electron chi connectivity index (χ2n) is 3.16. The molecule has 2 aromatic heterocycles. The van der Waals surface area contributed by atoms with Crippen molar-refractivity contribution in [1.82, 2.24) is 15.5 Å². The Bertz CT molecular complexity index is 531. The molecule has 8 nitrogen and oxygen atoms in total. The molecule has 0 unspecified atom stereocenters. The van der Waals surface area contributed by atoms with Crippen LogP contribution in [-0.2, 0) is 6.54 Å². The number of nitrogens with zero attached hydrogens (tertiary/aromatic N) is 2. The molecule has 0 aliphatic carbocycles. The van der Waals surface area contributed by atoms with E-state index in [0.29, 0.717) is 5.76 Å². The average Bonchev–Trinajstić information content (AvgIpc) is 2.96. The first kappa shape index (κ1) is 10.9. The molecule has 0 saturated carbocycles.